The normalized spacial score (nSPS) is 10.7. The van der Waals surface area contributed by atoms with Crippen molar-refractivity contribution in [2.45, 2.75) is 6.92 Å². The zero-order valence-electron chi connectivity index (χ0n) is 17.6. The maximum Gasteiger partial charge on any atom is 0.338 e. The van der Waals surface area contributed by atoms with Crippen LogP contribution < -0.4 is 14.2 Å². The number of benzene rings is 2. The van der Waals surface area contributed by atoms with E-state index in [4.69, 9.17) is 28.7 Å². The molecule has 0 radical (unpaired) electrons. The predicted molar refractivity (Wildman–Crippen MR) is 114 cm³/mol. The highest BCUT2D eigenvalue weighted by Gasteiger charge is 2.18. The molecule has 0 aliphatic heterocycles. The minimum absolute atomic E-state index is 0.183. The van der Waals surface area contributed by atoms with Crippen molar-refractivity contribution in [3.63, 3.8) is 0 Å². The van der Waals surface area contributed by atoms with E-state index < -0.39 is 5.97 Å². The molecular formula is C23H25NO6. The van der Waals surface area contributed by atoms with Crippen LogP contribution in [-0.4, -0.2) is 52.1 Å². The Bertz CT molecular complexity index is 1010. The number of methoxy groups -OCH3 is 3. The molecule has 2 aromatic carbocycles. The van der Waals surface area contributed by atoms with Crippen molar-refractivity contribution in [3.8, 4) is 28.5 Å². The fraction of sp³-hybridized carbons (Fsp3) is 0.304. The first kappa shape index (κ1) is 21.4. The van der Waals surface area contributed by atoms with Gasteiger partial charge in [0, 0.05) is 17.6 Å². The van der Waals surface area contributed by atoms with Gasteiger partial charge < -0.3 is 23.7 Å². The van der Waals surface area contributed by atoms with Gasteiger partial charge in [-0.05, 0) is 31.2 Å². The molecule has 7 heteroatoms. The van der Waals surface area contributed by atoms with Gasteiger partial charge in [-0.2, -0.15) is 0 Å². The Labute approximate surface area is 175 Å². The number of ether oxygens (including phenoxy) is 5. The van der Waals surface area contributed by atoms with E-state index in [2.05, 4.69) is 0 Å². The van der Waals surface area contributed by atoms with E-state index in [-0.39, 0.29) is 6.61 Å². The van der Waals surface area contributed by atoms with Crippen molar-refractivity contribution in [2.24, 2.45) is 0 Å². The van der Waals surface area contributed by atoms with Crippen LogP contribution in [0.1, 0.15) is 17.3 Å². The van der Waals surface area contributed by atoms with E-state index in [0.29, 0.717) is 47.2 Å². The van der Waals surface area contributed by atoms with Crippen LogP contribution in [0.15, 0.2) is 42.5 Å². The second-order valence-corrected chi connectivity index (χ2v) is 6.32. The van der Waals surface area contributed by atoms with E-state index in [1.54, 1.807) is 39.5 Å². The number of carbonyl (C=O) groups excluding carboxylic acids is 1. The maximum absolute atomic E-state index is 12.8. The molecule has 3 rings (SSSR count). The molecule has 158 valence electrons. The molecular weight excluding hydrogens is 386 g/mol. The van der Waals surface area contributed by atoms with E-state index in [9.17, 15) is 4.79 Å². The van der Waals surface area contributed by atoms with Crippen molar-refractivity contribution in [1.29, 1.82) is 0 Å². The molecule has 0 unspecified atom stereocenters. The maximum atomic E-state index is 12.8. The third-order valence-electron chi connectivity index (χ3n) is 4.56. The SMILES string of the molecule is CCOCCOC(=O)c1cc(-c2cc(OC)c(OC)c(OC)c2)nc2ccccc12. The van der Waals surface area contributed by atoms with E-state index in [1.165, 1.54) is 0 Å². The van der Waals surface area contributed by atoms with Crippen molar-refractivity contribution in [1.82, 2.24) is 4.98 Å². The van der Waals surface area contributed by atoms with Gasteiger partial charge >= 0.3 is 5.97 Å². The fourth-order valence-corrected chi connectivity index (χ4v) is 3.14. The molecule has 0 atom stereocenters. The molecule has 3 aromatic rings. The fourth-order valence-electron chi connectivity index (χ4n) is 3.14. The zero-order valence-corrected chi connectivity index (χ0v) is 17.6. The van der Waals surface area contributed by atoms with Crippen LogP contribution in [0.4, 0.5) is 0 Å². The molecule has 0 aliphatic rings. The number of nitrogens with zero attached hydrogens (tertiary/aromatic N) is 1. The average molecular weight is 411 g/mol. The topological polar surface area (TPSA) is 76.1 Å². The number of carbonyl (C=O) groups is 1. The molecule has 0 bridgehead atoms. The Morgan fingerprint density at radius 1 is 0.933 bits per heavy atom. The summed E-state index contributed by atoms with van der Waals surface area (Å²) in [6.45, 7) is 3.00. The molecule has 0 fully saturated rings. The van der Waals surface area contributed by atoms with Crippen LogP contribution in [0.25, 0.3) is 22.2 Å². The molecule has 0 amide bonds. The zero-order chi connectivity index (χ0) is 21.5. The summed E-state index contributed by atoms with van der Waals surface area (Å²) in [5.74, 6) is 1.06. The van der Waals surface area contributed by atoms with Gasteiger partial charge in [0.1, 0.15) is 6.61 Å². The number of pyridine rings is 1. The third kappa shape index (κ3) is 4.46. The Morgan fingerprint density at radius 2 is 1.63 bits per heavy atom. The van der Waals surface area contributed by atoms with Gasteiger partial charge in [-0.25, -0.2) is 9.78 Å². The highest BCUT2D eigenvalue weighted by molar-refractivity contribution is 6.04. The van der Waals surface area contributed by atoms with Gasteiger partial charge in [0.05, 0.1) is 44.7 Å². The number of esters is 1. The van der Waals surface area contributed by atoms with E-state index in [0.717, 1.165) is 10.9 Å². The Morgan fingerprint density at radius 3 is 2.27 bits per heavy atom. The molecule has 1 heterocycles. The Balaban J connectivity index is 2.08. The monoisotopic (exact) mass is 411 g/mol. The molecule has 0 N–H and O–H groups in total. The van der Waals surface area contributed by atoms with Crippen LogP contribution in [0.2, 0.25) is 0 Å². The second kappa shape index (κ2) is 9.93. The number of hydrogen-bond donors (Lipinski definition) is 0. The number of fused-ring (bicyclic) bond motifs is 1. The smallest absolute Gasteiger partial charge is 0.338 e. The lowest BCUT2D eigenvalue weighted by Crippen LogP contribution is -2.11. The Kier molecular flexibility index (Phi) is 7.08. The number of para-hydroxylation sites is 1. The summed E-state index contributed by atoms with van der Waals surface area (Å²) in [7, 11) is 4.65. The highest BCUT2D eigenvalue weighted by atomic mass is 16.6. The summed E-state index contributed by atoms with van der Waals surface area (Å²) in [4.78, 5) is 17.5. The average Bonchev–Trinajstić information content (AvgIpc) is 2.79. The summed E-state index contributed by atoms with van der Waals surface area (Å²) in [6, 6.07) is 12.7. The van der Waals surface area contributed by atoms with Crippen LogP contribution >= 0.6 is 0 Å². The molecule has 1 aromatic heterocycles. The first-order valence-corrected chi connectivity index (χ1v) is 9.58. The van der Waals surface area contributed by atoms with Gasteiger partial charge in [-0.3, -0.25) is 0 Å². The van der Waals surface area contributed by atoms with Crippen molar-refractivity contribution >= 4 is 16.9 Å². The van der Waals surface area contributed by atoms with Crippen LogP contribution in [0, 0.1) is 0 Å². The van der Waals surface area contributed by atoms with E-state index >= 15 is 0 Å². The van der Waals surface area contributed by atoms with Gasteiger partial charge in [-0.1, -0.05) is 18.2 Å². The minimum atomic E-state index is -0.429. The lowest BCUT2D eigenvalue weighted by Gasteiger charge is -2.15. The lowest BCUT2D eigenvalue weighted by molar-refractivity contribution is 0.0337. The quantitative estimate of drug-likeness (QED) is 0.387. The summed E-state index contributed by atoms with van der Waals surface area (Å²) in [5.41, 5.74) is 2.42. The first-order chi connectivity index (χ1) is 14.6. The minimum Gasteiger partial charge on any atom is -0.493 e. The largest absolute Gasteiger partial charge is 0.493 e. The summed E-state index contributed by atoms with van der Waals surface area (Å²) < 4.78 is 26.9. The summed E-state index contributed by atoms with van der Waals surface area (Å²) in [6.07, 6.45) is 0. The second-order valence-electron chi connectivity index (χ2n) is 6.32. The van der Waals surface area contributed by atoms with Gasteiger partial charge in [0.2, 0.25) is 5.75 Å². The Hall–Kier alpha value is -3.32. The number of rotatable bonds is 9. The molecule has 0 saturated heterocycles. The van der Waals surface area contributed by atoms with Gasteiger partial charge in [0.25, 0.3) is 0 Å². The van der Waals surface area contributed by atoms with Crippen molar-refractivity contribution < 1.29 is 28.5 Å². The van der Waals surface area contributed by atoms with Gasteiger partial charge in [-0.15, -0.1) is 0 Å². The molecule has 0 spiro atoms. The van der Waals surface area contributed by atoms with Crippen LogP contribution in [-0.2, 0) is 9.47 Å². The number of hydrogen-bond acceptors (Lipinski definition) is 7. The van der Waals surface area contributed by atoms with Gasteiger partial charge in [0.15, 0.2) is 11.5 Å². The van der Waals surface area contributed by atoms with Crippen LogP contribution in [0.5, 0.6) is 17.2 Å². The molecule has 0 saturated carbocycles. The van der Waals surface area contributed by atoms with Crippen LogP contribution in [0.3, 0.4) is 0 Å². The first-order valence-electron chi connectivity index (χ1n) is 9.58. The third-order valence-corrected chi connectivity index (χ3v) is 4.56. The standard InChI is InChI=1S/C23H25NO6/c1-5-29-10-11-30-23(25)17-14-19(24-18-9-7-6-8-16(17)18)15-12-20(26-2)22(28-4)21(13-15)27-3/h6-9,12-14H,5,10-11H2,1-4H3. The van der Waals surface area contributed by atoms with Crippen molar-refractivity contribution in [3.05, 3.63) is 48.0 Å². The molecule has 0 aliphatic carbocycles. The molecule has 30 heavy (non-hydrogen) atoms. The highest BCUT2D eigenvalue weighted by Crippen LogP contribution is 2.41. The summed E-state index contributed by atoms with van der Waals surface area (Å²) >= 11 is 0. The lowest BCUT2D eigenvalue weighted by atomic mass is 10.0. The van der Waals surface area contributed by atoms with Crippen molar-refractivity contribution in [2.75, 3.05) is 41.2 Å². The predicted octanol–water partition coefficient (Wildman–Crippen LogP) is 4.12. The molecule has 7 nitrogen and oxygen atoms in total. The van der Waals surface area contributed by atoms with E-state index in [1.807, 2.05) is 31.2 Å². The number of aromatic nitrogens is 1. The summed E-state index contributed by atoms with van der Waals surface area (Å²) in [5, 5.41) is 0.718.